The minimum absolute atomic E-state index is 0.0215. The van der Waals surface area contributed by atoms with Crippen LogP contribution in [0.25, 0.3) is 0 Å². The van der Waals surface area contributed by atoms with Crippen LogP contribution in [0.4, 0.5) is 5.69 Å². The molecule has 0 radical (unpaired) electrons. The van der Waals surface area contributed by atoms with E-state index in [1.165, 1.54) is 12.1 Å². The number of carbonyl (C=O) groups excluding carboxylic acids is 1. The molecule has 0 saturated heterocycles. The standard InChI is InChI=1S/C10H9BrN2O6/c11-7-2-1-5(13(18)19)3-6(7)9(15)12-4-8(14)10(16)17/h1-3,8,14H,4H2,(H,12,15)(H,16,17). The molecule has 0 aliphatic heterocycles. The minimum atomic E-state index is -1.73. The predicted octanol–water partition coefficient (Wildman–Crippen LogP) is 0.533. The van der Waals surface area contributed by atoms with Crippen molar-refractivity contribution < 1.29 is 24.7 Å². The summed E-state index contributed by atoms with van der Waals surface area (Å²) in [5.41, 5.74) is -0.293. The summed E-state index contributed by atoms with van der Waals surface area (Å²) in [5.74, 6) is -2.20. The van der Waals surface area contributed by atoms with Gasteiger partial charge in [0.25, 0.3) is 11.6 Å². The van der Waals surface area contributed by atoms with Gasteiger partial charge in [-0.25, -0.2) is 4.79 Å². The van der Waals surface area contributed by atoms with Crippen molar-refractivity contribution in [2.75, 3.05) is 6.54 Å². The number of nitro groups is 1. The van der Waals surface area contributed by atoms with Gasteiger partial charge in [0, 0.05) is 16.6 Å². The quantitative estimate of drug-likeness (QED) is 0.532. The average molecular weight is 333 g/mol. The summed E-state index contributed by atoms with van der Waals surface area (Å²) >= 11 is 3.05. The normalized spacial score (nSPS) is 11.7. The maximum absolute atomic E-state index is 11.7. The number of aliphatic carboxylic acids is 1. The number of non-ortho nitro benzene ring substituents is 1. The maximum Gasteiger partial charge on any atom is 0.334 e. The molecule has 0 bridgehead atoms. The van der Waals surface area contributed by atoms with Crippen molar-refractivity contribution in [1.29, 1.82) is 0 Å². The summed E-state index contributed by atoms with van der Waals surface area (Å²) in [4.78, 5) is 32.0. The van der Waals surface area contributed by atoms with Gasteiger partial charge in [-0.3, -0.25) is 14.9 Å². The van der Waals surface area contributed by atoms with Crippen LogP contribution in [0, 0.1) is 10.1 Å². The molecule has 0 aliphatic rings. The van der Waals surface area contributed by atoms with Crippen LogP contribution in [0.15, 0.2) is 22.7 Å². The van der Waals surface area contributed by atoms with E-state index in [4.69, 9.17) is 10.2 Å². The van der Waals surface area contributed by atoms with Crippen molar-refractivity contribution >= 4 is 33.5 Å². The van der Waals surface area contributed by atoms with Crippen LogP contribution in [0.1, 0.15) is 10.4 Å². The first-order chi connectivity index (χ1) is 8.82. The molecule has 1 aromatic carbocycles. The van der Waals surface area contributed by atoms with Gasteiger partial charge in [0.05, 0.1) is 17.0 Å². The second-order valence-corrected chi connectivity index (χ2v) is 4.34. The summed E-state index contributed by atoms with van der Waals surface area (Å²) in [6.07, 6.45) is -1.73. The maximum atomic E-state index is 11.7. The first-order valence-electron chi connectivity index (χ1n) is 4.96. The van der Waals surface area contributed by atoms with E-state index in [-0.39, 0.29) is 11.3 Å². The van der Waals surface area contributed by atoms with Gasteiger partial charge in [0.15, 0.2) is 6.10 Å². The molecule has 19 heavy (non-hydrogen) atoms. The summed E-state index contributed by atoms with van der Waals surface area (Å²) in [6.45, 7) is -0.497. The molecule has 0 heterocycles. The number of carboxylic acid groups (broad SMARTS) is 1. The fourth-order valence-corrected chi connectivity index (χ4v) is 1.60. The third-order valence-corrected chi connectivity index (χ3v) is 2.84. The van der Waals surface area contributed by atoms with E-state index >= 15 is 0 Å². The molecule has 102 valence electrons. The molecule has 0 spiro atoms. The Morgan fingerprint density at radius 3 is 2.63 bits per heavy atom. The van der Waals surface area contributed by atoms with Gasteiger partial charge < -0.3 is 15.5 Å². The second kappa shape index (κ2) is 6.25. The molecule has 0 fully saturated rings. The van der Waals surface area contributed by atoms with Crippen LogP contribution < -0.4 is 5.32 Å². The number of aliphatic hydroxyl groups is 1. The van der Waals surface area contributed by atoms with Gasteiger partial charge in [0.1, 0.15) is 0 Å². The van der Waals surface area contributed by atoms with Crippen LogP contribution in [0.2, 0.25) is 0 Å². The first kappa shape index (κ1) is 15.1. The topological polar surface area (TPSA) is 130 Å². The zero-order valence-corrected chi connectivity index (χ0v) is 11.0. The molecule has 1 amide bonds. The summed E-state index contributed by atoms with van der Waals surface area (Å²) in [6, 6.07) is 3.60. The van der Waals surface area contributed by atoms with Gasteiger partial charge >= 0.3 is 5.97 Å². The van der Waals surface area contributed by atoms with E-state index in [0.29, 0.717) is 4.47 Å². The van der Waals surface area contributed by atoms with Gasteiger partial charge in [0.2, 0.25) is 0 Å². The Bertz CT molecular complexity index is 533. The van der Waals surface area contributed by atoms with Crippen LogP contribution >= 0.6 is 15.9 Å². The lowest BCUT2D eigenvalue weighted by molar-refractivity contribution is -0.384. The molecule has 1 rings (SSSR count). The zero-order valence-electron chi connectivity index (χ0n) is 9.37. The van der Waals surface area contributed by atoms with Crippen molar-refractivity contribution in [3.05, 3.63) is 38.3 Å². The van der Waals surface area contributed by atoms with Crippen LogP contribution in [-0.4, -0.2) is 39.7 Å². The van der Waals surface area contributed by atoms with Crippen molar-refractivity contribution in [3.63, 3.8) is 0 Å². The Hall–Kier alpha value is -2.00. The Morgan fingerprint density at radius 1 is 1.47 bits per heavy atom. The van der Waals surface area contributed by atoms with Crippen LogP contribution in [0.3, 0.4) is 0 Å². The third kappa shape index (κ3) is 4.00. The summed E-state index contributed by atoms with van der Waals surface area (Å²) in [5, 5.41) is 30.2. The SMILES string of the molecule is O=C(NCC(O)C(=O)O)c1cc([N+](=O)[O-])ccc1Br. The van der Waals surface area contributed by atoms with Crippen molar-refractivity contribution in [2.24, 2.45) is 0 Å². The predicted molar refractivity (Wildman–Crippen MR) is 66.8 cm³/mol. The highest BCUT2D eigenvalue weighted by molar-refractivity contribution is 9.10. The molecular formula is C10H9BrN2O6. The number of carboxylic acids is 1. The van der Waals surface area contributed by atoms with Crippen molar-refractivity contribution in [3.8, 4) is 0 Å². The Kier molecular flexibility index (Phi) is 4.95. The van der Waals surface area contributed by atoms with Gasteiger partial charge in [-0.1, -0.05) is 0 Å². The van der Waals surface area contributed by atoms with Crippen LogP contribution in [0.5, 0.6) is 0 Å². The number of hydrogen-bond acceptors (Lipinski definition) is 5. The molecule has 0 saturated carbocycles. The smallest absolute Gasteiger partial charge is 0.334 e. The largest absolute Gasteiger partial charge is 0.479 e. The molecule has 8 nitrogen and oxygen atoms in total. The fourth-order valence-electron chi connectivity index (χ4n) is 1.17. The Balaban J connectivity index is 2.84. The molecule has 3 N–H and O–H groups in total. The summed E-state index contributed by atoms with van der Waals surface area (Å²) in [7, 11) is 0. The van der Waals surface area contributed by atoms with Gasteiger partial charge in [-0.05, 0) is 22.0 Å². The minimum Gasteiger partial charge on any atom is -0.479 e. The molecule has 1 aromatic rings. The number of hydrogen-bond donors (Lipinski definition) is 3. The van der Waals surface area contributed by atoms with Crippen molar-refractivity contribution in [2.45, 2.75) is 6.10 Å². The Labute approximate surface area is 115 Å². The molecular weight excluding hydrogens is 324 g/mol. The lowest BCUT2D eigenvalue weighted by Gasteiger charge is -2.08. The fraction of sp³-hybridized carbons (Fsp3) is 0.200. The number of carbonyl (C=O) groups is 2. The molecule has 1 unspecified atom stereocenters. The number of nitrogens with one attached hydrogen (secondary N) is 1. The second-order valence-electron chi connectivity index (χ2n) is 3.49. The number of aliphatic hydroxyl groups excluding tert-OH is 1. The molecule has 9 heteroatoms. The zero-order chi connectivity index (χ0) is 14.6. The highest BCUT2D eigenvalue weighted by Crippen LogP contribution is 2.22. The van der Waals surface area contributed by atoms with E-state index in [9.17, 15) is 19.7 Å². The van der Waals surface area contributed by atoms with E-state index in [0.717, 1.165) is 6.07 Å². The Morgan fingerprint density at radius 2 is 2.11 bits per heavy atom. The molecule has 0 aliphatic carbocycles. The molecule has 1 atom stereocenters. The van der Waals surface area contributed by atoms with E-state index < -0.39 is 29.4 Å². The first-order valence-corrected chi connectivity index (χ1v) is 5.75. The van der Waals surface area contributed by atoms with E-state index in [2.05, 4.69) is 21.2 Å². The van der Waals surface area contributed by atoms with E-state index in [1.807, 2.05) is 0 Å². The van der Waals surface area contributed by atoms with Gasteiger partial charge in [-0.15, -0.1) is 0 Å². The lowest BCUT2D eigenvalue weighted by Crippen LogP contribution is -2.36. The third-order valence-electron chi connectivity index (χ3n) is 2.15. The summed E-state index contributed by atoms with van der Waals surface area (Å²) < 4.78 is 0.320. The van der Waals surface area contributed by atoms with Gasteiger partial charge in [-0.2, -0.15) is 0 Å². The molecule has 0 aromatic heterocycles. The van der Waals surface area contributed by atoms with Crippen LogP contribution in [-0.2, 0) is 4.79 Å². The van der Waals surface area contributed by atoms with Crippen molar-refractivity contribution in [1.82, 2.24) is 5.32 Å². The van der Waals surface area contributed by atoms with E-state index in [1.54, 1.807) is 0 Å². The number of amides is 1. The highest BCUT2D eigenvalue weighted by atomic mass is 79.9. The average Bonchev–Trinajstić information content (AvgIpc) is 2.35. The number of nitrogens with zero attached hydrogens (tertiary/aromatic N) is 1. The number of nitro benzene ring substituents is 1. The number of rotatable bonds is 5. The number of halogens is 1. The monoisotopic (exact) mass is 332 g/mol. The lowest BCUT2D eigenvalue weighted by atomic mass is 10.2. The highest BCUT2D eigenvalue weighted by Gasteiger charge is 2.18. The number of benzene rings is 1.